The first kappa shape index (κ1) is 18.8. The molecule has 0 radical (unpaired) electrons. The number of nitrogens with zero attached hydrogens (tertiary/aromatic N) is 1. The molecule has 146 valence electrons. The molecule has 0 saturated carbocycles. The highest BCUT2D eigenvalue weighted by molar-refractivity contribution is 6.33. The number of hydrogen-bond acceptors (Lipinski definition) is 5. The van der Waals surface area contributed by atoms with Crippen LogP contribution in [0.5, 0.6) is 17.2 Å². The number of para-hydroxylation sites is 1. The van der Waals surface area contributed by atoms with Crippen molar-refractivity contribution in [2.75, 3.05) is 13.4 Å². The Bertz CT molecular complexity index is 1050. The van der Waals surface area contributed by atoms with Gasteiger partial charge >= 0.3 is 0 Å². The van der Waals surface area contributed by atoms with Gasteiger partial charge in [0.15, 0.2) is 18.1 Å². The Kier molecular flexibility index (Phi) is 5.63. The first-order valence-electron chi connectivity index (χ1n) is 8.89. The van der Waals surface area contributed by atoms with E-state index in [1.165, 1.54) is 6.21 Å². The molecule has 0 saturated heterocycles. The molecular formula is C22H17ClN2O4. The number of nitrogens with one attached hydrogen (secondary N) is 1. The van der Waals surface area contributed by atoms with Crippen molar-refractivity contribution in [1.82, 2.24) is 5.43 Å². The van der Waals surface area contributed by atoms with Gasteiger partial charge in [-0.05, 0) is 17.7 Å². The Morgan fingerprint density at radius 3 is 2.62 bits per heavy atom. The minimum atomic E-state index is -0.388. The summed E-state index contributed by atoms with van der Waals surface area (Å²) in [4.78, 5) is 12.1. The van der Waals surface area contributed by atoms with Crippen LogP contribution in [0.15, 0.2) is 71.8 Å². The Balaban J connectivity index is 1.36. The first-order chi connectivity index (χ1) is 14.2. The monoisotopic (exact) mass is 408 g/mol. The summed E-state index contributed by atoms with van der Waals surface area (Å²) in [5.41, 5.74) is 4.96. The molecule has 0 fully saturated rings. The van der Waals surface area contributed by atoms with Crippen LogP contribution in [0.25, 0.3) is 11.1 Å². The zero-order valence-electron chi connectivity index (χ0n) is 15.3. The van der Waals surface area contributed by atoms with Gasteiger partial charge in [-0.3, -0.25) is 4.79 Å². The van der Waals surface area contributed by atoms with Crippen LogP contribution < -0.4 is 19.6 Å². The fourth-order valence-corrected chi connectivity index (χ4v) is 3.03. The molecule has 3 aromatic rings. The molecule has 1 N–H and O–H groups in total. The molecule has 1 amide bonds. The molecule has 0 spiro atoms. The van der Waals surface area contributed by atoms with Crippen molar-refractivity contribution in [3.05, 3.63) is 77.3 Å². The van der Waals surface area contributed by atoms with Crippen LogP contribution in [-0.2, 0) is 4.79 Å². The molecule has 4 rings (SSSR count). The molecule has 1 aliphatic heterocycles. The summed E-state index contributed by atoms with van der Waals surface area (Å²) < 4.78 is 16.3. The topological polar surface area (TPSA) is 69.2 Å². The smallest absolute Gasteiger partial charge is 0.277 e. The van der Waals surface area contributed by atoms with E-state index in [1.807, 2.05) is 54.6 Å². The van der Waals surface area contributed by atoms with E-state index in [9.17, 15) is 4.79 Å². The third-order valence-corrected chi connectivity index (χ3v) is 4.54. The lowest BCUT2D eigenvalue weighted by Crippen LogP contribution is -2.24. The summed E-state index contributed by atoms with van der Waals surface area (Å²) in [6, 6.07) is 20.7. The normalized spacial score (nSPS) is 12.2. The highest BCUT2D eigenvalue weighted by Gasteiger charge is 2.15. The second-order valence-corrected chi connectivity index (χ2v) is 6.58. The SMILES string of the molecule is O=C(COc1ccccc1-c1ccccc1)N/N=C\c1cc2c(cc1Cl)OCO2. The average molecular weight is 409 g/mol. The number of hydrogen-bond donors (Lipinski definition) is 1. The predicted molar refractivity (Wildman–Crippen MR) is 111 cm³/mol. The number of fused-ring (bicyclic) bond motifs is 1. The standard InChI is InChI=1S/C22H17ClN2O4/c23-18-11-21-20(28-14-29-21)10-16(18)12-24-25-22(26)13-27-19-9-5-4-8-17(19)15-6-2-1-3-7-15/h1-12H,13-14H2,(H,25,26)/b24-12-. The number of ether oxygens (including phenoxy) is 3. The molecule has 0 atom stereocenters. The maximum Gasteiger partial charge on any atom is 0.277 e. The Morgan fingerprint density at radius 2 is 1.79 bits per heavy atom. The molecule has 0 bridgehead atoms. The molecule has 0 aromatic heterocycles. The largest absolute Gasteiger partial charge is 0.483 e. The molecule has 6 nitrogen and oxygen atoms in total. The van der Waals surface area contributed by atoms with Gasteiger partial charge in [0.1, 0.15) is 5.75 Å². The van der Waals surface area contributed by atoms with Crippen LogP contribution in [-0.4, -0.2) is 25.5 Å². The maximum absolute atomic E-state index is 12.1. The number of amides is 1. The van der Waals surface area contributed by atoms with Crippen molar-refractivity contribution in [2.24, 2.45) is 5.10 Å². The second-order valence-electron chi connectivity index (χ2n) is 6.17. The molecular weight excluding hydrogens is 392 g/mol. The van der Waals surface area contributed by atoms with Crippen LogP contribution in [0, 0.1) is 0 Å². The van der Waals surface area contributed by atoms with Crippen molar-refractivity contribution in [1.29, 1.82) is 0 Å². The Labute approximate surface area is 172 Å². The van der Waals surface area contributed by atoms with E-state index in [1.54, 1.807) is 12.1 Å². The van der Waals surface area contributed by atoms with Crippen molar-refractivity contribution in [2.45, 2.75) is 0 Å². The highest BCUT2D eigenvalue weighted by Crippen LogP contribution is 2.36. The molecule has 0 unspecified atom stereocenters. The van der Waals surface area contributed by atoms with Crippen molar-refractivity contribution in [3.63, 3.8) is 0 Å². The summed E-state index contributed by atoms with van der Waals surface area (Å²) in [6.07, 6.45) is 1.44. The van der Waals surface area contributed by atoms with E-state index in [-0.39, 0.29) is 19.3 Å². The molecule has 1 aliphatic rings. The van der Waals surface area contributed by atoms with E-state index in [0.29, 0.717) is 27.8 Å². The lowest BCUT2D eigenvalue weighted by molar-refractivity contribution is -0.123. The molecule has 7 heteroatoms. The van der Waals surface area contributed by atoms with Gasteiger partial charge < -0.3 is 14.2 Å². The number of benzene rings is 3. The molecule has 1 heterocycles. The number of halogens is 1. The zero-order valence-corrected chi connectivity index (χ0v) is 16.1. The third kappa shape index (κ3) is 4.50. The summed E-state index contributed by atoms with van der Waals surface area (Å²) in [7, 11) is 0. The number of carbonyl (C=O) groups is 1. The van der Waals surface area contributed by atoms with Crippen LogP contribution in [0.2, 0.25) is 5.02 Å². The maximum atomic E-state index is 12.1. The fraction of sp³-hybridized carbons (Fsp3) is 0.0909. The van der Waals surface area contributed by atoms with E-state index in [2.05, 4.69) is 10.5 Å². The van der Waals surface area contributed by atoms with Gasteiger partial charge in [-0.2, -0.15) is 5.10 Å². The number of rotatable bonds is 6. The predicted octanol–water partition coefficient (Wildman–Crippen LogP) is 4.26. The summed E-state index contributed by atoms with van der Waals surface area (Å²) in [5.74, 6) is 1.40. The van der Waals surface area contributed by atoms with Gasteiger partial charge in [-0.1, -0.05) is 60.1 Å². The van der Waals surface area contributed by atoms with Crippen LogP contribution in [0.3, 0.4) is 0 Å². The lowest BCUT2D eigenvalue weighted by atomic mass is 10.1. The van der Waals surface area contributed by atoms with Crippen LogP contribution in [0.4, 0.5) is 0 Å². The summed E-state index contributed by atoms with van der Waals surface area (Å²) in [5, 5.41) is 4.38. The van der Waals surface area contributed by atoms with E-state index >= 15 is 0 Å². The zero-order chi connectivity index (χ0) is 20.1. The second kappa shape index (κ2) is 8.67. The molecule has 3 aromatic carbocycles. The van der Waals surface area contributed by atoms with Gasteiger partial charge in [0.2, 0.25) is 6.79 Å². The van der Waals surface area contributed by atoms with Crippen molar-refractivity contribution >= 4 is 23.7 Å². The summed E-state index contributed by atoms with van der Waals surface area (Å²) in [6.45, 7) is -0.0130. The number of carbonyl (C=O) groups excluding carboxylic acids is 1. The minimum absolute atomic E-state index is 0.158. The van der Waals surface area contributed by atoms with E-state index < -0.39 is 0 Å². The van der Waals surface area contributed by atoms with Gasteiger partial charge in [0.25, 0.3) is 5.91 Å². The molecule has 29 heavy (non-hydrogen) atoms. The van der Waals surface area contributed by atoms with E-state index in [4.69, 9.17) is 25.8 Å². The average Bonchev–Trinajstić information content (AvgIpc) is 3.20. The molecule has 0 aliphatic carbocycles. The van der Waals surface area contributed by atoms with E-state index in [0.717, 1.165) is 11.1 Å². The van der Waals surface area contributed by atoms with Gasteiger partial charge in [0, 0.05) is 17.2 Å². The third-order valence-electron chi connectivity index (χ3n) is 4.22. The van der Waals surface area contributed by atoms with Crippen molar-refractivity contribution < 1.29 is 19.0 Å². The van der Waals surface area contributed by atoms with Crippen molar-refractivity contribution in [3.8, 4) is 28.4 Å². The summed E-state index contributed by atoms with van der Waals surface area (Å²) >= 11 is 6.18. The lowest BCUT2D eigenvalue weighted by Gasteiger charge is -2.10. The minimum Gasteiger partial charge on any atom is -0.483 e. The van der Waals surface area contributed by atoms with Gasteiger partial charge in [0.05, 0.1) is 11.2 Å². The van der Waals surface area contributed by atoms with Gasteiger partial charge in [-0.25, -0.2) is 5.43 Å². The fourth-order valence-electron chi connectivity index (χ4n) is 2.83. The first-order valence-corrected chi connectivity index (χ1v) is 9.27. The number of hydrazone groups is 1. The van der Waals surface area contributed by atoms with Crippen LogP contribution in [0.1, 0.15) is 5.56 Å². The van der Waals surface area contributed by atoms with Crippen LogP contribution >= 0.6 is 11.6 Å². The van der Waals surface area contributed by atoms with Gasteiger partial charge in [-0.15, -0.1) is 0 Å². The Hall–Kier alpha value is -3.51. The quantitative estimate of drug-likeness (QED) is 0.488. The highest BCUT2D eigenvalue weighted by atomic mass is 35.5. The Morgan fingerprint density at radius 1 is 1.07 bits per heavy atom.